The summed E-state index contributed by atoms with van der Waals surface area (Å²) in [5.41, 5.74) is 3.21. The van der Waals surface area contributed by atoms with Crippen molar-refractivity contribution in [2.24, 2.45) is 0 Å². The number of methoxy groups -OCH3 is 2. The summed E-state index contributed by atoms with van der Waals surface area (Å²) in [5.74, 6) is 2.92. The van der Waals surface area contributed by atoms with E-state index in [1.807, 2.05) is 18.2 Å². The summed E-state index contributed by atoms with van der Waals surface area (Å²) >= 11 is 0. The summed E-state index contributed by atoms with van der Waals surface area (Å²) < 4.78 is 12.4. The van der Waals surface area contributed by atoms with Crippen LogP contribution < -0.4 is 14.8 Å². The molecule has 0 spiro atoms. The quantitative estimate of drug-likeness (QED) is 0.797. The van der Waals surface area contributed by atoms with Gasteiger partial charge < -0.3 is 14.8 Å². The van der Waals surface area contributed by atoms with E-state index < -0.39 is 0 Å². The summed E-state index contributed by atoms with van der Waals surface area (Å²) in [6, 6.07) is 5.73. The van der Waals surface area contributed by atoms with Crippen molar-refractivity contribution in [3.63, 3.8) is 0 Å². The van der Waals surface area contributed by atoms with Crippen molar-refractivity contribution in [1.29, 1.82) is 0 Å². The van der Waals surface area contributed by atoms with Gasteiger partial charge in [-0.05, 0) is 31.4 Å². The lowest BCUT2D eigenvalue weighted by Gasteiger charge is -2.14. The minimum absolute atomic E-state index is 0.619. The Bertz CT molecular complexity index is 874. The Morgan fingerprint density at radius 2 is 2.00 bits per heavy atom. The molecule has 0 fully saturated rings. The van der Waals surface area contributed by atoms with E-state index in [-0.39, 0.29) is 0 Å². The number of anilines is 2. The number of hydrogen-bond acceptors (Lipinski definition) is 6. The molecule has 1 aliphatic carbocycles. The van der Waals surface area contributed by atoms with E-state index in [2.05, 4.69) is 20.4 Å². The Balaban J connectivity index is 1.80. The Labute approximate surface area is 133 Å². The fourth-order valence-corrected chi connectivity index (χ4v) is 3.00. The molecule has 0 radical (unpaired) electrons. The highest BCUT2D eigenvalue weighted by atomic mass is 16.5. The fourth-order valence-electron chi connectivity index (χ4n) is 3.00. The third kappa shape index (κ3) is 2.25. The largest absolute Gasteiger partial charge is 0.493 e. The zero-order chi connectivity index (χ0) is 15.8. The average Bonchev–Trinajstić information content (AvgIpc) is 3.23. The van der Waals surface area contributed by atoms with Gasteiger partial charge in [0.05, 0.1) is 19.9 Å². The second kappa shape index (κ2) is 5.42. The van der Waals surface area contributed by atoms with E-state index >= 15 is 0 Å². The van der Waals surface area contributed by atoms with Gasteiger partial charge in [0.1, 0.15) is 12.1 Å². The van der Waals surface area contributed by atoms with Crippen LogP contribution in [0.15, 0.2) is 24.5 Å². The Morgan fingerprint density at radius 3 is 2.83 bits per heavy atom. The maximum Gasteiger partial charge on any atom is 0.254 e. The fraction of sp³-hybridized carbons (Fsp3) is 0.312. The molecule has 4 rings (SSSR count). The molecule has 0 amide bonds. The first kappa shape index (κ1) is 13.8. The molecule has 118 valence electrons. The standard InChI is InChI=1S/C16H17N5O2/c1-22-13-7-6-10(8-14(13)23-2)19-15-11-4-3-5-12(11)20-16-17-9-18-21(15)16/h6-9,19H,3-5H2,1-2H3. The molecule has 0 unspecified atom stereocenters. The van der Waals surface area contributed by atoms with E-state index in [1.54, 1.807) is 18.7 Å². The van der Waals surface area contributed by atoms with Crippen molar-refractivity contribution in [3.05, 3.63) is 35.8 Å². The number of rotatable bonds is 4. The highest BCUT2D eigenvalue weighted by Gasteiger charge is 2.21. The molecule has 1 aromatic carbocycles. The Kier molecular flexibility index (Phi) is 3.25. The Morgan fingerprint density at radius 1 is 1.13 bits per heavy atom. The summed E-state index contributed by atoms with van der Waals surface area (Å²) in [5, 5.41) is 7.74. The van der Waals surface area contributed by atoms with E-state index in [0.717, 1.165) is 36.5 Å². The molecular formula is C16H17N5O2. The lowest BCUT2D eigenvalue weighted by Crippen LogP contribution is -2.07. The number of aromatic nitrogens is 4. The first-order valence-electron chi connectivity index (χ1n) is 7.50. The molecule has 0 aliphatic heterocycles. The van der Waals surface area contributed by atoms with Crippen LogP contribution >= 0.6 is 0 Å². The monoisotopic (exact) mass is 311 g/mol. The molecule has 7 nitrogen and oxygen atoms in total. The highest BCUT2D eigenvalue weighted by Crippen LogP contribution is 2.34. The van der Waals surface area contributed by atoms with E-state index in [1.165, 1.54) is 11.9 Å². The van der Waals surface area contributed by atoms with Gasteiger partial charge in [-0.15, -0.1) is 0 Å². The molecule has 0 saturated heterocycles. The zero-order valence-corrected chi connectivity index (χ0v) is 13.0. The lowest BCUT2D eigenvalue weighted by molar-refractivity contribution is 0.355. The number of nitrogens with one attached hydrogen (secondary N) is 1. The molecule has 0 atom stereocenters. The molecule has 3 aromatic rings. The SMILES string of the molecule is COc1ccc(Nc2c3c(nc4ncnn24)CCC3)cc1OC. The topological polar surface area (TPSA) is 73.6 Å². The van der Waals surface area contributed by atoms with Gasteiger partial charge >= 0.3 is 0 Å². The van der Waals surface area contributed by atoms with Crippen molar-refractivity contribution >= 4 is 17.3 Å². The number of nitrogens with zero attached hydrogens (tertiary/aromatic N) is 4. The van der Waals surface area contributed by atoms with Gasteiger partial charge in [0, 0.05) is 17.3 Å². The zero-order valence-electron chi connectivity index (χ0n) is 13.0. The molecule has 1 N–H and O–H groups in total. The lowest BCUT2D eigenvalue weighted by atomic mass is 10.2. The maximum absolute atomic E-state index is 5.37. The van der Waals surface area contributed by atoms with Crippen molar-refractivity contribution in [2.75, 3.05) is 19.5 Å². The second-order valence-corrected chi connectivity index (χ2v) is 5.41. The first-order chi connectivity index (χ1) is 11.3. The van der Waals surface area contributed by atoms with Gasteiger partial charge in [0.15, 0.2) is 11.5 Å². The molecule has 7 heteroatoms. The average molecular weight is 311 g/mol. The van der Waals surface area contributed by atoms with Crippen LogP contribution in [-0.2, 0) is 12.8 Å². The van der Waals surface area contributed by atoms with Crippen molar-refractivity contribution in [2.45, 2.75) is 19.3 Å². The third-order valence-corrected chi connectivity index (χ3v) is 4.10. The van der Waals surface area contributed by atoms with Crippen molar-refractivity contribution in [3.8, 4) is 11.5 Å². The number of benzene rings is 1. The first-order valence-corrected chi connectivity index (χ1v) is 7.50. The van der Waals surface area contributed by atoms with E-state index in [9.17, 15) is 0 Å². The van der Waals surface area contributed by atoms with Gasteiger partial charge in [-0.25, -0.2) is 4.98 Å². The number of fused-ring (bicyclic) bond motifs is 2. The highest BCUT2D eigenvalue weighted by molar-refractivity contribution is 5.66. The van der Waals surface area contributed by atoms with Crippen LogP contribution in [0, 0.1) is 0 Å². The minimum atomic E-state index is 0.619. The predicted octanol–water partition coefficient (Wildman–Crippen LogP) is 2.37. The van der Waals surface area contributed by atoms with Crippen LogP contribution in [0.2, 0.25) is 0 Å². The summed E-state index contributed by atoms with van der Waals surface area (Å²) in [6.45, 7) is 0. The van der Waals surface area contributed by atoms with Crippen LogP contribution in [0.25, 0.3) is 5.78 Å². The van der Waals surface area contributed by atoms with Gasteiger partial charge in [-0.2, -0.15) is 14.6 Å². The third-order valence-electron chi connectivity index (χ3n) is 4.10. The molecule has 2 aromatic heterocycles. The van der Waals surface area contributed by atoms with Gasteiger partial charge in [-0.1, -0.05) is 0 Å². The Hall–Kier alpha value is -2.83. The van der Waals surface area contributed by atoms with E-state index in [4.69, 9.17) is 9.47 Å². The summed E-state index contributed by atoms with van der Waals surface area (Å²) in [7, 11) is 3.25. The number of ether oxygens (including phenoxy) is 2. The van der Waals surface area contributed by atoms with Gasteiger partial charge in [0.25, 0.3) is 5.78 Å². The predicted molar refractivity (Wildman–Crippen MR) is 85.6 cm³/mol. The molecule has 23 heavy (non-hydrogen) atoms. The molecule has 0 saturated carbocycles. The van der Waals surface area contributed by atoms with E-state index in [0.29, 0.717) is 17.3 Å². The van der Waals surface area contributed by atoms with Gasteiger partial charge in [-0.3, -0.25) is 0 Å². The minimum Gasteiger partial charge on any atom is -0.493 e. The summed E-state index contributed by atoms with van der Waals surface area (Å²) in [4.78, 5) is 8.80. The maximum atomic E-state index is 5.37. The molecule has 0 bridgehead atoms. The van der Waals surface area contributed by atoms with Crippen LogP contribution in [0.1, 0.15) is 17.7 Å². The smallest absolute Gasteiger partial charge is 0.254 e. The van der Waals surface area contributed by atoms with Crippen LogP contribution in [0.5, 0.6) is 11.5 Å². The van der Waals surface area contributed by atoms with Crippen LogP contribution in [0.3, 0.4) is 0 Å². The van der Waals surface area contributed by atoms with Crippen molar-refractivity contribution < 1.29 is 9.47 Å². The van der Waals surface area contributed by atoms with Gasteiger partial charge in [0.2, 0.25) is 0 Å². The summed E-state index contributed by atoms with van der Waals surface area (Å²) in [6.07, 6.45) is 4.61. The second-order valence-electron chi connectivity index (χ2n) is 5.41. The molecular weight excluding hydrogens is 294 g/mol. The number of hydrogen-bond donors (Lipinski definition) is 1. The normalized spacial score (nSPS) is 13.1. The van der Waals surface area contributed by atoms with Crippen molar-refractivity contribution in [1.82, 2.24) is 19.6 Å². The number of aryl methyl sites for hydroxylation is 1. The van der Waals surface area contributed by atoms with Crippen LogP contribution in [-0.4, -0.2) is 33.8 Å². The van der Waals surface area contributed by atoms with Crippen LogP contribution in [0.4, 0.5) is 11.5 Å². The molecule has 2 heterocycles. The molecule has 1 aliphatic rings.